The van der Waals surface area contributed by atoms with Gasteiger partial charge in [-0.3, -0.25) is 4.79 Å². The average molecular weight is 381 g/mol. The third-order valence-electron chi connectivity index (χ3n) is 3.94. The number of rotatable bonds is 8. The molecule has 0 aliphatic heterocycles. The fourth-order valence-corrected chi connectivity index (χ4v) is 3.36. The van der Waals surface area contributed by atoms with Crippen LogP contribution in [0, 0.1) is 12.7 Å². The lowest BCUT2D eigenvalue weighted by Crippen LogP contribution is -2.41. The van der Waals surface area contributed by atoms with Gasteiger partial charge in [0.15, 0.2) is 5.78 Å². The molecular weight excluding hydrogens is 361 g/mol. The van der Waals surface area contributed by atoms with E-state index in [1.54, 1.807) is 6.07 Å². The summed E-state index contributed by atoms with van der Waals surface area (Å²) in [7, 11) is -4.10. The average Bonchev–Trinajstić information content (AvgIpc) is 2.63. The molecule has 2 rings (SSSR count). The largest absolute Gasteiger partial charge is 0.395 e. The molecule has 0 unspecified atom stereocenters. The van der Waals surface area contributed by atoms with Crippen LogP contribution in [0.3, 0.4) is 0 Å². The van der Waals surface area contributed by atoms with Gasteiger partial charge in [-0.25, -0.2) is 17.5 Å². The number of nitrogens with one attached hydrogen (secondary N) is 1. The van der Waals surface area contributed by atoms with Gasteiger partial charge in [0.1, 0.15) is 11.1 Å². The summed E-state index contributed by atoms with van der Waals surface area (Å²) < 4.78 is 40.2. The molecule has 0 aliphatic rings. The number of Topliss-reactive ketones (excluding diaryl/α,β-unsaturated/α-hetero) is 1. The summed E-state index contributed by atoms with van der Waals surface area (Å²) in [5, 5.41) is 16.5. The molecule has 0 heterocycles. The van der Waals surface area contributed by atoms with Crippen molar-refractivity contribution in [3.8, 4) is 11.1 Å². The lowest BCUT2D eigenvalue weighted by atomic mass is 9.98. The molecule has 0 bridgehead atoms. The number of sulfonamides is 1. The number of carbonyl (C=O) groups excluding carboxylic acids is 1. The predicted octanol–water partition coefficient (Wildman–Crippen LogP) is 1.26. The Morgan fingerprint density at radius 3 is 2.31 bits per heavy atom. The van der Waals surface area contributed by atoms with Gasteiger partial charge in [0.25, 0.3) is 0 Å². The first-order chi connectivity index (χ1) is 12.3. The second-order valence-electron chi connectivity index (χ2n) is 5.80. The van der Waals surface area contributed by atoms with Crippen LogP contribution in [0.15, 0.2) is 42.5 Å². The summed E-state index contributed by atoms with van der Waals surface area (Å²) >= 11 is 0. The summed E-state index contributed by atoms with van der Waals surface area (Å²) in [4.78, 5) is 12.4. The van der Waals surface area contributed by atoms with E-state index in [0.717, 1.165) is 5.56 Å². The van der Waals surface area contributed by atoms with E-state index in [9.17, 15) is 17.6 Å². The minimum absolute atomic E-state index is 0.226. The normalized spacial score (nSPS) is 11.7. The molecule has 2 aromatic carbocycles. The minimum atomic E-state index is -4.10. The highest BCUT2D eigenvalue weighted by atomic mass is 32.2. The molecule has 8 heteroatoms. The number of aliphatic hydroxyl groups is 2. The first-order valence-electron chi connectivity index (χ1n) is 7.89. The standard InChI is InChI=1S/C18H20FNO5S/c1-12-7-14(13-5-3-2-4-6-13)8-16(18(12)19)17(23)9-20-26(24,25)15(10-21)11-22/h2-8,15,20-22H,9-11H2,1H3. The van der Waals surface area contributed by atoms with Gasteiger partial charge in [-0.05, 0) is 35.7 Å². The third kappa shape index (κ3) is 4.53. The Kier molecular flexibility index (Phi) is 6.60. The Labute approximate surface area is 151 Å². The second-order valence-corrected chi connectivity index (χ2v) is 7.84. The van der Waals surface area contributed by atoms with Gasteiger partial charge in [0.05, 0.1) is 25.3 Å². The van der Waals surface area contributed by atoms with Crippen LogP contribution in [0.4, 0.5) is 4.39 Å². The fraction of sp³-hybridized carbons (Fsp3) is 0.278. The summed E-state index contributed by atoms with van der Waals surface area (Å²) in [6.45, 7) is -0.738. The monoisotopic (exact) mass is 381 g/mol. The molecule has 140 valence electrons. The number of hydrogen-bond acceptors (Lipinski definition) is 5. The Balaban J connectivity index is 2.28. The van der Waals surface area contributed by atoms with Crippen LogP contribution >= 0.6 is 0 Å². The number of halogens is 1. The summed E-state index contributed by atoms with van der Waals surface area (Å²) in [6.07, 6.45) is 0. The molecule has 0 saturated heterocycles. The zero-order chi connectivity index (χ0) is 19.3. The van der Waals surface area contributed by atoms with Gasteiger partial charge in [-0.15, -0.1) is 0 Å². The van der Waals surface area contributed by atoms with Gasteiger partial charge in [-0.2, -0.15) is 0 Å². The van der Waals surface area contributed by atoms with E-state index >= 15 is 0 Å². The maximum atomic E-state index is 14.4. The highest BCUT2D eigenvalue weighted by Gasteiger charge is 2.25. The predicted molar refractivity (Wildman–Crippen MR) is 95.8 cm³/mol. The maximum absolute atomic E-state index is 14.4. The lowest BCUT2D eigenvalue weighted by Gasteiger charge is -2.14. The van der Waals surface area contributed by atoms with Crippen LogP contribution in [-0.2, 0) is 10.0 Å². The topological polar surface area (TPSA) is 104 Å². The van der Waals surface area contributed by atoms with Gasteiger partial charge < -0.3 is 10.2 Å². The molecule has 0 aromatic heterocycles. The third-order valence-corrected chi connectivity index (χ3v) is 5.66. The van der Waals surface area contributed by atoms with Crippen LogP contribution < -0.4 is 4.72 Å². The molecule has 0 spiro atoms. The second kappa shape index (κ2) is 8.50. The van der Waals surface area contributed by atoms with E-state index < -0.39 is 46.6 Å². The van der Waals surface area contributed by atoms with E-state index in [1.165, 1.54) is 13.0 Å². The maximum Gasteiger partial charge on any atom is 0.219 e. The fourth-order valence-electron chi connectivity index (χ4n) is 2.40. The van der Waals surface area contributed by atoms with Gasteiger partial charge >= 0.3 is 0 Å². The first kappa shape index (κ1) is 20.2. The number of hydrogen-bond donors (Lipinski definition) is 3. The van der Waals surface area contributed by atoms with Crippen molar-refractivity contribution in [2.45, 2.75) is 12.2 Å². The Hall–Kier alpha value is -2.13. The molecule has 0 radical (unpaired) electrons. The molecule has 0 aliphatic carbocycles. The smallest absolute Gasteiger partial charge is 0.219 e. The molecule has 0 fully saturated rings. The summed E-state index contributed by atoms with van der Waals surface area (Å²) in [5.41, 5.74) is 1.47. The number of aryl methyl sites for hydroxylation is 1. The molecule has 26 heavy (non-hydrogen) atoms. The van der Waals surface area contributed by atoms with Gasteiger partial charge in [-0.1, -0.05) is 30.3 Å². The van der Waals surface area contributed by atoms with Gasteiger partial charge in [0.2, 0.25) is 10.0 Å². The van der Waals surface area contributed by atoms with Crippen LogP contribution in [0.25, 0.3) is 11.1 Å². The van der Waals surface area contributed by atoms with E-state index in [2.05, 4.69) is 0 Å². The quantitative estimate of drug-likeness (QED) is 0.597. The Morgan fingerprint density at radius 1 is 1.12 bits per heavy atom. The molecule has 2 aromatic rings. The van der Waals surface area contributed by atoms with Crippen molar-refractivity contribution < 1.29 is 27.8 Å². The molecule has 0 saturated carbocycles. The van der Waals surface area contributed by atoms with E-state index in [-0.39, 0.29) is 11.1 Å². The van der Waals surface area contributed by atoms with E-state index in [4.69, 9.17) is 10.2 Å². The Bertz CT molecular complexity index is 880. The number of ketones is 1. The van der Waals surface area contributed by atoms with Crippen molar-refractivity contribution in [1.29, 1.82) is 0 Å². The van der Waals surface area contributed by atoms with Crippen molar-refractivity contribution in [3.05, 3.63) is 59.4 Å². The molecule has 0 atom stereocenters. The van der Waals surface area contributed by atoms with Crippen molar-refractivity contribution in [2.24, 2.45) is 0 Å². The Morgan fingerprint density at radius 2 is 1.73 bits per heavy atom. The van der Waals surface area contributed by atoms with E-state index in [1.807, 2.05) is 35.1 Å². The van der Waals surface area contributed by atoms with Crippen molar-refractivity contribution in [2.75, 3.05) is 19.8 Å². The molecule has 0 amide bonds. The van der Waals surface area contributed by atoms with Crippen LogP contribution in [0.5, 0.6) is 0 Å². The SMILES string of the molecule is Cc1cc(-c2ccccc2)cc(C(=O)CNS(=O)(=O)C(CO)CO)c1F. The minimum Gasteiger partial charge on any atom is -0.395 e. The van der Waals surface area contributed by atoms with Crippen LogP contribution in [-0.4, -0.2) is 49.4 Å². The number of benzene rings is 2. The first-order valence-corrected chi connectivity index (χ1v) is 9.43. The summed E-state index contributed by atoms with van der Waals surface area (Å²) in [6, 6.07) is 12.1. The van der Waals surface area contributed by atoms with Crippen molar-refractivity contribution in [1.82, 2.24) is 4.72 Å². The van der Waals surface area contributed by atoms with Crippen LogP contribution in [0.2, 0.25) is 0 Å². The highest BCUT2D eigenvalue weighted by molar-refractivity contribution is 7.90. The van der Waals surface area contributed by atoms with Gasteiger partial charge in [0, 0.05) is 0 Å². The molecule has 3 N–H and O–H groups in total. The highest BCUT2D eigenvalue weighted by Crippen LogP contribution is 2.25. The molecular formula is C18H20FNO5S. The number of carbonyl (C=O) groups is 1. The van der Waals surface area contributed by atoms with Crippen LogP contribution in [0.1, 0.15) is 15.9 Å². The van der Waals surface area contributed by atoms with E-state index in [0.29, 0.717) is 5.56 Å². The van der Waals surface area contributed by atoms with Crippen molar-refractivity contribution in [3.63, 3.8) is 0 Å². The summed E-state index contributed by atoms with van der Waals surface area (Å²) in [5.74, 6) is -1.46. The molecule has 6 nitrogen and oxygen atoms in total. The zero-order valence-electron chi connectivity index (χ0n) is 14.1. The number of aliphatic hydroxyl groups excluding tert-OH is 2. The lowest BCUT2D eigenvalue weighted by molar-refractivity contribution is 0.0992. The zero-order valence-corrected chi connectivity index (χ0v) is 15.0. The van der Waals surface area contributed by atoms with Crippen molar-refractivity contribution >= 4 is 15.8 Å².